The monoisotopic (exact) mass is 320 g/mol. The number of likely N-dealkylation sites (N-methyl/N-ethyl adjacent to an activating group) is 1. The summed E-state index contributed by atoms with van der Waals surface area (Å²) in [6, 6.07) is 3.59. The molecule has 1 rings (SSSR count). The predicted molar refractivity (Wildman–Crippen MR) is 76.7 cm³/mol. The fourth-order valence-corrected chi connectivity index (χ4v) is 2.68. The molecule has 1 atom stereocenters. The summed E-state index contributed by atoms with van der Waals surface area (Å²) < 4.78 is 26.6. The molecule has 0 saturated carbocycles. The van der Waals surface area contributed by atoms with Crippen molar-refractivity contribution in [3.05, 3.63) is 28.8 Å². The maximum Gasteiger partial charge on any atom is 0.337 e. The third kappa shape index (κ3) is 4.17. The molecule has 0 radical (unpaired) electrons. The summed E-state index contributed by atoms with van der Waals surface area (Å²) in [6.07, 6.45) is 0. The van der Waals surface area contributed by atoms with E-state index in [0.717, 1.165) is 6.07 Å². The van der Waals surface area contributed by atoms with Crippen molar-refractivity contribution >= 4 is 27.6 Å². The molecule has 0 heterocycles. The number of sulfonamides is 1. The lowest BCUT2D eigenvalue weighted by Gasteiger charge is -2.20. The van der Waals surface area contributed by atoms with Crippen molar-refractivity contribution in [2.45, 2.75) is 17.9 Å². The number of carbonyl (C=O) groups is 1. The van der Waals surface area contributed by atoms with Gasteiger partial charge in [0.05, 0.1) is 15.5 Å². The second-order valence-corrected chi connectivity index (χ2v) is 6.79. The minimum absolute atomic E-state index is 0.00175. The molecule has 0 aliphatic rings. The van der Waals surface area contributed by atoms with Gasteiger partial charge in [-0.1, -0.05) is 11.6 Å². The molecule has 20 heavy (non-hydrogen) atoms. The van der Waals surface area contributed by atoms with Crippen LogP contribution in [0.3, 0.4) is 0 Å². The molecule has 1 unspecified atom stereocenters. The smallest absolute Gasteiger partial charge is 0.337 e. The number of hydrogen-bond acceptors (Lipinski definition) is 4. The average Bonchev–Trinajstić information content (AvgIpc) is 2.35. The lowest BCUT2D eigenvalue weighted by Crippen LogP contribution is -2.38. The summed E-state index contributed by atoms with van der Waals surface area (Å²) >= 11 is 5.71. The highest BCUT2D eigenvalue weighted by molar-refractivity contribution is 7.89. The molecule has 2 N–H and O–H groups in total. The van der Waals surface area contributed by atoms with E-state index < -0.39 is 16.0 Å². The van der Waals surface area contributed by atoms with Crippen molar-refractivity contribution in [1.82, 2.24) is 9.62 Å². The molecule has 8 heteroatoms. The third-order valence-corrected chi connectivity index (χ3v) is 4.68. The van der Waals surface area contributed by atoms with E-state index in [2.05, 4.69) is 4.72 Å². The maximum atomic E-state index is 12.1. The van der Waals surface area contributed by atoms with Gasteiger partial charge in [0.15, 0.2) is 0 Å². The number of aromatic carboxylic acids is 1. The number of halogens is 1. The van der Waals surface area contributed by atoms with E-state index in [1.54, 1.807) is 0 Å². The van der Waals surface area contributed by atoms with Crippen molar-refractivity contribution in [2.24, 2.45) is 0 Å². The molecule has 112 valence electrons. The normalized spacial score (nSPS) is 13.4. The first-order valence-electron chi connectivity index (χ1n) is 5.84. The third-order valence-electron chi connectivity index (χ3n) is 2.93. The first-order chi connectivity index (χ1) is 9.15. The number of nitrogens with zero attached hydrogens (tertiary/aromatic N) is 1. The molecule has 0 aromatic heterocycles. The van der Waals surface area contributed by atoms with Crippen molar-refractivity contribution in [1.29, 1.82) is 0 Å². The molecule has 0 amide bonds. The van der Waals surface area contributed by atoms with Gasteiger partial charge in [0.2, 0.25) is 10.0 Å². The van der Waals surface area contributed by atoms with Gasteiger partial charge in [-0.05, 0) is 39.2 Å². The molecule has 0 bridgehead atoms. The van der Waals surface area contributed by atoms with Gasteiger partial charge in [-0.3, -0.25) is 0 Å². The molecular formula is C12H17ClN2O4S. The van der Waals surface area contributed by atoms with Gasteiger partial charge in [-0.2, -0.15) is 0 Å². The van der Waals surface area contributed by atoms with Crippen LogP contribution in [0.25, 0.3) is 0 Å². The molecule has 1 aromatic carbocycles. The Morgan fingerprint density at radius 3 is 2.55 bits per heavy atom. The molecule has 0 aliphatic heterocycles. The first-order valence-corrected chi connectivity index (χ1v) is 7.70. The Morgan fingerprint density at radius 1 is 1.45 bits per heavy atom. The van der Waals surface area contributed by atoms with Gasteiger partial charge >= 0.3 is 5.97 Å². The quantitative estimate of drug-likeness (QED) is 0.824. The van der Waals surface area contributed by atoms with Gasteiger partial charge in [0.1, 0.15) is 0 Å². The number of hydrogen-bond donors (Lipinski definition) is 2. The second-order valence-electron chi connectivity index (χ2n) is 4.61. The van der Waals surface area contributed by atoms with Gasteiger partial charge < -0.3 is 10.0 Å². The van der Waals surface area contributed by atoms with Crippen LogP contribution in [0.4, 0.5) is 0 Å². The number of rotatable bonds is 6. The molecule has 0 saturated heterocycles. The van der Waals surface area contributed by atoms with E-state index in [-0.39, 0.29) is 28.1 Å². The van der Waals surface area contributed by atoms with Gasteiger partial charge in [0.25, 0.3) is 0 Å². The van der Waals surface area contributed by atoms with Crippen LogP contribution in [-0.2, 0) is 10.0 Å². The van der Waals surface area contributed by atoms with Crippen molar-refractivity contribution in [3.63, 3.8) is 0 Å². The zero-order chi connectivity index (χ0) is 15.5. The van der Waals surface area contributed by atoms with Crippen molar-refractivity contribution in [3.8, 4) is 0 Å². The van der Waals surface area contributed by atoms with E-state index in [4.69, 9.17) is 16.7 Å². The van der Waals surface area contributed by atoms with E-state index in [1.807, 2.05) is 25.9 Å². The molecule has 0 fully saturated rings. The summed E-state index contributed by atoms with van der Waals surface area (Å²) in [7, 11) is -0.0861. The van der Waals surface area contributed by atoms with Gasteiger partial charge in [-0.25, -0.2) is 17.9 Å². The Hall–Kier alpha value is -1.15. The van der Waals surface area contributed by atoms with E-state index in [9.17, 15) is 13.2 Å². The zero-order valence-electron chi connectivity index (χ0n) is 11.4. The van der Waals surface area contributed by atoms with Crippen LogP contribution in [0, 0.1) is 0 Å². The summed E-state index contributed by atoms with van der Waals surface area (Å²) in [5, 5.41) is 8.94. The Morgan fingerprint density at radius 2 is 2.05 bits per heavy atom. The Labute approximate surface area is 123 Å². The summed E-state index contributed by atoms with van der Waals surface area (Å²) in [4.78, 5) is 12.7. The summed E-state index contributed by atoms with van der Waals surface area (Å²) in [5.41, 5.74) is -0.241. The summed E-state index contributed by atoms with van der Waals surface area (Å²) in [6.45, 7) is 2.09. The zero-order valence-corrected chi connectivity index (χ0v) is 13.0. The van der Waals surface area contributed by atoms with Gasteiger partial charge in [-0.15, -0.1) is 0 Å². The fraction of sp³-hybridized carbons (Fsp3) is 0.417. The highest BCUT2D eigenvalue weighted by atomic mass is 35.5. The number of nitrogens with one attached hydrogen (secondary N) is 1. The fourth-order valence-electron chi connectivity index (χ4n) is 1.33. The van der Waals surface area contributed by atoms with Crippen molar-refractivity contribution < 1.29 is 18.3 Å². The molecule has 1 aromatic rings. The maximum absolute atomic E-state index is 12.1. The average molecular weight is 321 g/mol. The van der Waals surface area contributed by atoms with Crippen LogP contribution in [0.1, 0.15) is 17.3 Å². The standard InChI is InChI=1S/C12H17ClN2O4S/c1-8(15(2)3)7-14-20(18,19)9-4-5-11(13)10(6-9)12(16)17/h4-6,8,14H,7H2,1-3H3,(H,16,17). The van der Waals surface area contributed by atoms with Crippen LogP contribution in [0.2, 0.25) is 5.02 Å². The minimum Gasteiger partial charge on any atom is -0.478 e. The molecule has 0 aliphatic carbocycles. The number of carboxylic acid groups (broad SMARTS) is 1. The second kappa shape index (κ2) is 6.53. The SMILES string of the molecule is CC(CNS(=O)(=O)c1ccc(Cl)c(C(=O)O)c1)N(C)C. The molecular weight excluding hydrogens is 304 g/mol. The number of carboxylic acids is 1. The Balaban J connectivity index is 2.99. The highest BCUT2D eigenvalue weighted by Gasteiger charge is 2.19. The van der Waals surface area contributed by atoms with E-state index in [1.165, 1.54) is 12.1 Å². The highest BCUT2D eigenvalue weighted by Crippen LogP contribution is 2.20. The van der Waals surface area contributed by atoms with E-state index >= 15 is 0 Å². The Bertz CT molecular complexity index is 601. The lowest BCUT2D eigenvalue weighted by atomic mass is 10.2. The Kier molecular flexibility index (Phi) is 5.52. The largest absolute Gasteiger partial charge is 0.478 e. The van der Waals surface area contributed by atoms with Crippen LogP contribution in [-0.4, -0.2) is 51.1 Å². The van der Waals surface area contributed by atoms with Crippen LogP contribution < -0.4 is 4.72 Å². The van der Waals surface area contributed by atoms with Crippen molar-refractivity contribution in [2.75, 3.05) is 20.6 Å². The lowest BCUT2D eigenvalue weighted by molar-refractivity contribution is 0.0697. The topological polar surface area (TPSA) is 86.7 Å². The van der Waals surface area contributed by atoms with Crippen LogP contribution >= 0.6 is 11.6 Å². The van der Waals surface area contributed by atoms with Crippen LogP contribution in [0.5, 0.6) is 0 Å². The minimum atomic E-state index is -3.76. The molecule has 0 spiro atoms. The van der Waals surface area contributed by atoms with Gasteiger partial charge in [0, 0.05) is 12.6 Å². The first kappa shape index (κ1) is 16.9. The number of benzene rings is 1. The predicted octanol–water partition coefficient (Wildman–Crippen LogP) is 1.27. The summed E-state index contributed by atoms with van der Waals surface area (Å²) in [5.74, 6) is -1.27. The van der Waals surface area contributed by atoms with E-state index in [0.29, 0.717) is 0 Å². The molecule has 6 nitrogen and oxygen atoms in total. The van der Waals surface area contributed by atoms with Crippen LogP contribution in [0.15, 0.2) is 23.1 Å².